The smallest absolute Gasteiger partial charge is 0.0813 e. The Morgan fingerprint density at radius 2 is 1.94 bits per heavy atom. The Morgan fingerprint density at radius 3 is 2.44 bits per heavy atom. The molecule has 0 radical (unpaired) electrons. The second-order valence-corrected chi connectivity index (χ2v) is 5.31. The highest BCUT2D eigenvalue weighted by atomic mass is 35.5. The molecular formula is C12H17Cl2NO. The maximum atomic E-state index is 10.1. The fourth-order valence-corrected chi connectivity index (χ4v) is 1.39. The second kappa shape index (κ2) is 5.26. The number of anilines is 1. The molecule has 1 aromatic rings. The third-order valence-corrected chi connectivity index (χ3v) is 3.55. The van der Waals surface area contributed by atoms with E-state index < -0.39 is 5.60 Å². The minimum atomic E-state index is -0.744. The van der Waals surface area contributed by atoms with Crippen molar-refractivity contribution in [1.29, 1.82) is 0 Å². The van der Waals surface area contributed by atoms with Crippen LogP contribution in [0, 0.1) is 5.92 Å². The molecule has 0 amide bonds. The van der Waals surface area contributed by atoms with E-state index in [1.54, 1.807) is 12.1 Å². The van der Waals surface area contributed by atoms with E-state index in [2.05, 4.69) is 5.32 Å². The summed E-state index contributed by atoms with van der Waals surface area (Å²) in [5.74, 6) is 0.183. The molecule has 0 aliphatic carbocycles. The molecule has 0 aromatic heterocycles. The van der Waals surface area contributed by atoms with Gasteiger partial charge in [0.05, 0.1) is 15.6 Å². The van der Waals surface area contributed by atoms with Gasteiger partial charge < -0.3 is 10.4 Å². The van der Waals surface area contributed by atoms with E-state index in [4.69, 9.17) is 23.2 Å². The molecule has 90 valence electrons. The average Bonchev–Trinajstić information content (AvgIpc) is 2.20. The molecular weight excluding hydrogens is 245 g/mol. The molecule has 2 nitrogen and oxygen atoms in total. The van der Waals surface area contributed by atoms with Crippen LogP contribution in [0.25, 0.3) is 0 Å². The number of hydrogen-bond acceptors (Lipinski definition) is 2. The average molecular weight is 262 g/mol. The van der Waals surface area contributed by atoms with Gasteiger partial charge in [-0.1, -0.05) is 37.0 Å². The maximum absolute atomic E-state index is 10.1. The third kappa shape index (κ3) is 3.55. The van der Waals surface area contributed by atoms with Crippen LogP contribution in [-0.2, 0) is 0 Å². The first kappa shape index (κ1) is 13.6. The molecule has 1 aromatic carbocycles. The van der Waals surface area contributed by atoms with Gasteiger partial charge in [-0.05, 0) is 31.0 Å². The maximum Gasteiger partial charge on any atom is 0.0813 e. The normalized spacial score (nSPS) is 14.9. The molecule has 16 heavy (non-hydrogen) atoms. The Hall–Kier alpha value is -0.440. The summed E-state index contributed by atoms with van der Waals surface area (Å²) in [5.41, 5.74) is 0.113. The molecule has 0 aliphatic heterocycles. The van der Waals surface area contributed by atoms with Crippen molar-refractivity contribution in [2.24, 2.45) is 5.92 Å². The van der Waals surface area contributed by atoms with Crippen LogP contribution >= 0.6 is 23.2 Å². The predicted octanol–water partition coefficient (Wildman–Crippen LogP) is 3.81. The Kier molecular flexibility index (Phi) is 4.48. The van der Waals surface area contributed by atoms with E-state index in [9.17, 15) is 5.11 Å². The third-order valence-electron chi connectivity index (χ3n) is 2.81. The fourth-order valence-electron chi connectivity index (χ4n) is 1.09. The van der Waals surface area contributed by atoms with Gasteiger partial charge in [-0.15, -0.1) is 0 Å². The van der Waals surface area contributed by atoms with E-state index in [1.165, 1.54) is 0 Å². The number of rotatable bonds is 4. The SMILES string of the molecule is CC(C)C(C)(O)CNc1ccc(Cl)c(Cl)c1. The summed E-state index contributed by atoms with van der Waals surface area (Å²) in [4.78, 5) is 0. The molecule has 2 N–H and O–H groups in total. The molecule has 0 bridgehead atoms. The Bertz CT molecular complexity index is 364. The van der Waals surface area contributed by atoms with Crippen molar-refractivity contribution < 1.29 is 5.11 Å². The Balaban J connectivity index is 2.65. The molecule has 0 aliphatic rings. The van der Waals surface area contributed by atoms with Crippen molar-refractivity contribution in [3.05, 3.63) is 28.2 Å². The fraction of sp³-hybridized carbons (Fsp3) is 0.500. The van der Waals surface area contributed by atoms with Gasteiger partial charge >= 0.3 is 0 Å². The molecule has 0 spiro atoms. The zero-order chi connectivity index (χ0) is 12.3. The van der Waals surface area contributed by atoms with Crippen LogP contribution in [0.1, 0.15) is 20.8 Å². The number of benzene rings is 1. The number of hydrogen-bond donors (Lipinski definition) is 2. The minimum Gasteiger partial charge on any atom is -0.388 e. The topological polar surface area (TPSA) is 32.3 Å². The van der Waals surface area contributed by atoms with Crippen molar-refractivity contribution in [2.75, 3.05) is 11.9 Å². The molecule has 0 fully saturated rings. The first-order chi connectivity index (χ1) is 7.33. The first-order valence-corrected chi connectivity index (χ1v) is 6.00. The molecule has 4 heteroatoms. The van der Waals surface area contributed by atoms with Gasteiger partial charge in [0.15, 0.2) is 0 Å². The number of halogens is 2. The van der Waals surface area contributed by atoms with E-state index in [-0.39, 0.29) is 5.92 Å². The van der Waals surface area contributed by atoms with Crippen LogP contribution in [-0.4, -0.2) is 17.3 Å². The lowest BCUT2D eigenvalue weighted by Crippen LogP contribution is -2.38. The van der Waals surface area contributed by atoms with Gasteiger partial charge in [-0.3, -0.25) is 0 Å². The molecule has 0 saturated carbocycles. The van der Waals surface area contributed by atoms with Crippen LogP contribution < -0.4 is 5.32 Å². The molecule has 1 unspecified atom stereocenters. The predicted molar refractivity (Wildman–Crippen MR) is 70.4 cm³/mol. The summed E-state index contributed by atoms with van der Waals surface area (Å²) in [6.07, 6.45) is 0. The lowest BCUT2D eigenvalue weighted by molar-refractivity contribution is 0.0266. The number of aliphatic hydroxyl groups is 1. The van der Waals surface area contributed by atoms with E-state index in [0.717, 1.165) is 5.69 Å². The van der Waals surface area contributed by atoms with Gasteiger partial charge in [0, 0.05) is 12.2 Å². The minimum absolute atomic E-state index is 0.183. The van der Waals surface area contributed by atoms with Crippen LogP contribution in [0.15, 0.2) is 18.2 Å². The summed E-state index contributed by atoms with van der Waals surface area (Å²) in [6.45, 7) is 6.25. The van der Waals surface area contributed by atoms with Crippen LogP contribution in [0.5, 0.6) is 0 Å². The zero-order valence-corrected chi connectivity index (χ0v) is 11.2. The lowest BCUT2D eigenvalue weighted by Gasteiger charge is -2.28. The summed E-state index contributed by atoms with van der Waals surface area (Å²) >= 11 is 11.7. The summed E-state index contributed by atoms with van der Waals surface area (Å²) in [7, 11) is 0. The van der Waals surface area contributed by atoms with Gasteiger partial charge in [-0.25, -0.2) is 0 Å². The standard InChI is InChI=1S/C12H17Cl2NO/c1-8(2)12(3,16)7-15-9-4-5-10(13)11(14)6-9/h4-6,8,15-16H,7H2,1-3H3. The van der Waals surface area contributed by atoms with Crippen molar-refractivity contribution in [2.45, 2.75) is 26.4 Å². The van der Waals surface area contributed by atoms with Crippen molar-refractivity contribution in [3.8, 4) is 0 Å². The monoisotopic (exact) mass is 261 g/mol. The Labute approximate surface area is 107 Å². The van der Waals surface area contributed by atoms with Gasteiger partial charge in [0.2, 0.25) is 0 Å². The largest absolute Gasteiger partial charge is 0.388 e. The van der Waals surface area contributed by atoms with Crippen LogP contribution in [0.2, 0.25) is 10.0 Å². The van der Waals surface area contributed by atoms with E-state index >= 15 is 0 Å². The quantitative estimate of drug-likeness (QED) is 0.864. The van der Waals surface area contributed by atoms with Crippen LogP contribution in [0.4, 0.5) is 5.69 Å². The van der Waals surface area contributed by atoms with Gasteiger partial charge in [-0.2, -0.15) is 0 Å². The van der Waals surface area contributed by atoms with Gasteiger partial charge in [0.1, 0.15) is 0 Å². The van der Waals surface area contributed by atoms with E-state index in [0.29, 0.717) is 16.6 Å². The first-order valence-electron chi connectivity index (χ1n) is 5.24. The molecule has 1 atom stereocenters. The van der Waals surface area contributed by atoms with Crippen LogP contribution in [0.3, 0.4) is 0 Å². The highest BCUT2D eigenvalue weighted by molar-refractivity contribution is 6.42. The van der Waals surface area contributed by atoms with Crippen molar-refractivity contribution in [3.63, 3.8) is 0 Å². The van der Waals surface area contributed by atoms with Crippen molar-refractivity contribution in [1.82, 2.24) is 0 Å². The molecule has 0 heterocycles. The highest BCUT2D eigenvalue weighted by Crippen LogP contribution is 2.25. The van der Waals surface area contributed by atoms with Gasteiger partial charge in [0.25, 0.3) is 0 Å². The number of nitrogens with one attached hydrogen (secondary N) is 1. The summed E-state index contributed by atoms with van der Waals surface area (Å²) in [6, 6.07) is 5.32. The summed E-state index contributed by atoms with van der Waals surface area (Å²) < 4.78 is 0. The Morgan fingerprint density at radius 1 is 1.31 bits per heavy atom. The molecule has 0 saturated heterocycles. The molecule has 1 rings (SSSR count). The van der Waals surface area contributed by atoms with E-state index in [1.807, 2.05) is 26.8 Å². The lowest BCUT2D eigenvalue weighted by atomic mass is 9.92. The van der Waals surface area contributed by atoms with Crippen molar-refractivity contribution >= 4 is 28.9 Å². The zero-order valence-electron chi connectivity index (χ0n) is 9.72. The highest BCUT2D eigenvalue weighted by Gasteiger charge is 2.24. The second-order valence-electron chi connectivity index (χ2n) is 4.49. The summed E-state index contributed by atoms with van der Waals surface area (Å²) in [5, 5.41) is 14.2.